The zero-order valence-corrected chi connectivity index (χ0v) is 12.2. The minimum absolute atomic E-state index is 0.292. The Morgan fingerprint density at radius 3 is 2.77 bits per heavy atom. The SMILES string of the molecule is CCOC(=O)C1CN2N=CN=C(N)C2=C1c1ccc(N)cc1. The highest BCUT2D eigenvalue weighted by Crippen LogP contribution is 2.38. The number of carbonyl (C=O) groups is 1. The van der Waals surface area contributed by atoms with Crippen molar-refractivity contribution >= 4 is 29.4 Å². The van der Waals surface area contributed by atoms with Crippen LogP contribution < -0.4 is 11.5 Å². The largest absolute Gasteiger partial charge is 0.465 e. The van der Waals surface area contributed by atoms with E-state index in [1.165, 1.54) is 6.34 Å². The minimum Gasteiger partial charge on any atom is -0.465 e. The molecule has 7 heteroatoms. The summed E-state index contributed by atoms with van der Waals surface area (Å²) in [5.74, 6) is -0.407. The molecule has 0 saturated heterocycles. The first-order valence-electron chi connectivity index (χ1n) is 7.02. The van der Waals surface area contributed by atoms with Crippen LogP contribution in [0, 0.1) is 5.92 Å². The normalized spacial score (nSPS) is 20.0. The van der Waals surface area contributed by atoms with E-state index in [9.17, 15) is 4.79 Å². The second kappa shape index (κ2) is 5.51. The number of nitrogen functional groups attached to an aromatic ring is 1. The summed E-state index contributed by atoms with van der Waals surface area (Å²) in [4.78, 5) is 16.3. The number of ether oxygens (including phenoxy) is 1. The van der Waals surface area contributed by atoms with E-state index in [-0.39, 0.29) is 5.97 Å². The number of nitrogens with two attached hydrogens (primary N) is 2. The summed E-state index contributed by atoms with van der Waals surface area (Å²) >= 11 is 0. The van der Waals surface area contributed by atoms with Crippen LogP contribution >= 0.6 is 0 Å². The molecular formula is C15H17N5O2. The van der Waals surface area contributed by atoms with Crippen molar-refractivity contribution in [1.82, 2.24) is 5.01 Å². The quantitative estimate of drug-likeness (QED) is 0.634. The molecule has 1 aromatic carbocycles. The van der Waals surface area contributed by atoms with Gasteiger partial charge < -0.3 is 16.2 Å². The van der Waals surface area contributed by atoms with Crippen molar-refractivity contribution in [3.8, 4) is 0 Å². The third kappa shape index (κ3) is 2.30. The van der Waals surface area contributed by atoms with Gasteiger partial charge in [-0.3, -0.25) is 9.80 Å². The molecule has 4 N–H and O–H groups in total. The highest BCUT2D eigenvalue weighted by atomic mass is 16.5. The van der Waals surface area contributed by atoms with Gasteiger partial charge in [0.15, 0.2) is 5.84 Å². The fourth-order valence-electron chi connectivity index (χ4n) is 2.68. The number of aliphatic imine (C=N–C) groups is 1. The first-order valence-corrected chi connectivity index (χ1v) is 7.02. The molecule has 2 heterocycles. The highest BCUT2D eigenvalue weighted by Gasteiger charge is 2.40. The highest BCUT2D eigenvalue weighted by molar-refractivity contribution is 6.10. The molecule has 0 aliphatic carbocycles. The van der Waals surface area contributed by atoms with Crippen molar-refractivity contribution in [1.29, 1.82) is 0 Å². The Balaban J connectivity index is 2.10. The Morgan fingerprint density at radius 2 is 2.09 bits per heavy atom. The smallest absolute Gasteiger partial charge is 0.315 e. The van der Waals surface area contributed by atoms with Crippen LogP contribution in [0.4, 0.5) is 5.69 Å². The molecule has 0 radical (unpaired) electrons. The van der Waals surface area contributed by atoms with Gasteiger partial charge in [0.05, 0.1) is 13.2 Å². The van der Waals surface area contributed by atoms with E-state index in [1.807, 2.05) is 12.1 Å². The van der Waals surface area contributed by atoms with E-state index in [0.29, 0.717) is 30.4 Å². The lowest BCUT2D eigenvalue weighted by Gasteiger charge is -2.18. The van der Waals surface area contributed by atoms with Crippen molar-refractivity contribution < 1.29 is 9.53 Å². The molecule has 1 atom stereocenters. The van der Waals surface area contributed by atoms with Crippen LogP contribution in [0.5, 0.6) is 0 Å². The number of anilines is 1. The van der Waals surface area contributed by atoms with Crippen LogP contribution in [-0.2, 0) is 9.53 Å². The van der Waals surface area contributed by atoms with Crippen LogP contribution in [-0.4, -0.2) is 36.3 Å². The van der Waals surface area contributed by atoms with Gasteiger partial charge in [-0.1, -0.05) is 12.1 Å². The summed E-state index contributed by atoms with van der Waals surface area (Å²) in [5.41, 5.74) is 14.7. The third-order valence-corrected chi connectivity index (χ3v) is 3.64. The molecule has 0 aromatic heterocycles. The summed E-state index contributed by atoms with van der Waals surface area (Å²) in [5, 5.41) is 5.87. The predicted octanol–water partition coefficient (Wildman–Crippen LogP) is 0.789. The van der Waals surface area contributed by atoms with Crippen molar-refractivity contribution in [2.75, 3.05) is 18.9 Å². The Hall–Kier alpha value is -2.83. The van der Waals surface area contributed by atoms with E-state index in [4.69, 9.17) is 16.2 Å². The van der Waals surface area contributed by atoms with Crippen LogP contribution in [0.25, 0.3) is 5.57 Å². The van der Waals surface area contributed by atoms with E-state index >= 15 is 0 Å². The lowest BCUT2D eigenvalue weighted by Crippen LogP contribution is -2.29. The fourth-order valence-corrected chi connectivity index (χ4v) is 2.68. The van der Waals surface area contributed by atoms with Crippen LogP contribution in [0.3, 0.4) is 0 Å². The molecule has 1 aromatic rings. The van der Waals surface area contributed by atoms with Crippen molar-refractivity contribution in [2.45, 2.75) is 6.92 Å². The minimum atomic E-state index is -0.456. The standard InChI is InChI=1S/C15H17N5O2/c1-2-22-15(21)11-7-20-13(14(17)18-8-19-20)12(11)9-3-5-10(16)6-4-9/h3-6,8,11H,2,7,16H2,1H3,(H2,17,18,19). The summed E-state index contributed by atoms with van der Waals surface area (Å²) in [7, 11) is 0. The number of rotatable bonds is 3. The molecule has 0 bridgehead atoms. The molecule has 2 aliphatic rings. The van der Waals surface area contributed by atoms with E-state index in [0.717, 1.165) is 11.1 Å². The van der Waals surface area contributed by atoms with Gasteiger partial charge in [-0.25, -0.2) is 4.99 Å². The number of carbonyl (C=O) groups excluding carboxylic acids is 1. The average molecular weight is 299 g/mol. The van der Waals surface area contributed by atoms with Gasteiger partial charge in [0, 0.05) is 11.3 Å². The summed E-state index contributed by atoms with van der Waals surface area (Å²) in [6, 6.07) is 7.29. The number of esters is 1. The Labute approximate surface area is 127 Å². The molecule has 0 amide bonds. The number of hydrazone groups is 1. The predicted molar refractivity (Wildman–Crippen MR) is 84.7 cm³/mol. The topological polar surface area (TPSA) is 106 Å². The molecule has 7 nitrogen and oxygen atoms in total. The van der Waals surface area contributed by atoms with E-state index in [2.05, 4.69) is 10.1 Å². The third-order valence-electron chi connectivity index (χ3n) is 3.64. The fraction of sp³-hybridized carbons (Fsp3) is 0.267. The van der Waals surface area contributed by atoms with Crippen LogP contribution in [0.15, 0.2) is 40.1 Å². The average Bonchev–Trinajstić information content (AvgIpc) is 2.89. The lowest BCUT2D eigenvalue weighted by atomic mass is 9.93. The molecule has 0 saturated carbocycles. The lowest BCUT2D eigenvalue weighted by molar-refractivity contribution is -0.145. The Morgan fingerprint density at radius 1 is 1.36 bits per heavy atom. The molecule has 1 unspecified atom stereocenters. The summed E-state index contributed by atoms with van der Waals surface area (Å²) < 4.78 is 5.19. The maximum atomic E-state index is 12.3. The Kier molecular flexibility index (Phi) is 3.54. The number of amidine groups is 1. The van der Waals surface area contributed by atoms with Gasteiger partial charge >= 0.3 is 5.97 Å². The number of nitrogens with zero attached hydrogens (tertiary/aromatic N) is 3. The zero-order valence-electron chi connectivity index (χ0n) is 12.2. The first kappa shape index (κ1) is 14.1. The maximum Gasteiger partial charge on any atom is 0.315 e. The number of hydrogen-bond donors (Lipinski definition) is 2. The second-order valence-corrected chi connectivity index (χ2v) is 5.02. The maximum absolute atomic E-state index is 12.3. The molecule has 22 heavy (non-hydrogen) atoms. The van der Waals surface area contributed by atoms with Gasteiger partial charge in [-0.05, 0) is 24.6 Å². The molecule has 114 valence electrons. The molecule has 0 spiro atoms. The summed E-state index contributed by atoms with van der Waals surface area (Å²) in [6.45, 7) is 2.50. The van der Waals surface area contributed by atoms with Crippen LogP contribution in [0.2, 0.25) is 0 Å². The summed E-state index contributed by atoms with van der Waals surface area (Å²) in [6.07, 6.45) is 1.38. The number of fused-ring (bicyclic) bond motifs is 1. The number of benzene rings is 1. The monoisotopic (exact) mass is 299 g/mol. The molecule has 3 rings (SSSR count). The van der Waals surface area contributed by atoms with Gasteiger partial charge in [-0.15, -0.1) is 0 Å². The van der Waals surface area contributed by atoms with Gasteiger partial charge in [0.1, 0.15) is 18.0 Å². The molecule has 0 fully saturated rings. The molecule has 2 aliphatic heterocycles. The van der Waals surface area contributed by atoms with Crippen molar-refractivity contribution in [3.05, 3.63) is 35.5 Å². The van der Waals surface area contributed by atoms with Crippen LogP contribution in [0.1, 0.15) is 12.5 Å². The van der Waals surface area contributed by atoms with Crippen molar-refractivity contribution in [2.24, 2.45) is 21.7 Å². The number of hydrogen-bond acceptors (Lipinski definition) is 7. The zero-order chi connectivity index (χ0) is 15.7. The van der Waals surface area contributed by atoms with Gasteiger partial charge in [0.2, 0.25) is 0 Å². The van der Waals surface area contributed by atoms with Gasteiger partial charge in [0.25, 0.3) is 0 Å². The van der Waals surface area contributed by atoms with E-state index in [1.54, 1.807) is 24.1 Å². The molecular weight excluding hydrogens is 282 g/mol. The second-order valence-electron chi connectivity index (χ2n) is 5.02. The van der Waals surface area contributed by atoms with E-state index < -0.39 is 5.92 Å². The van der Waals surface area contributed by atoms with Crippen molar-refractivity contribution in [3.63, 3.8) is 0 Å². The first-order chi connectivity index (χ1) is 10.6. The van der Waals surface area contributed by atoms with Gasteiger partial charge in [-0.2, -0.15) is 5.10 Å². The Bertz CT molecular complexity index is 690.